The summed E-state index contributed by atoms with van der Waals surface area (Å²) in [5.74, 6) is 0.786. The van der Waals surface area contributed by atoms with E-state index in [1.807, 2.05) is 42.3 Å². The van der Waals surface area contributed by atoms with E-state index in [-0.39, 0.29) is 22.4 Å². The standard InChI is InChI=1S/C15H17N3O2.C11H10O4S/c1-16-13-7-8-18(15(13)20)9-10-3-2-4-12-11(10)5-6-14(19)17-12;1-15-10-4-2-8-3-5-11(16(12,13)14)7-9(8)6-10/h2-6,13,16H,7-9H2,1H3,(H,17,19);2-7H,1H3,(H,12,13,14)/t13-;/m0./s1. The molecule has 10 heteroatoms. The average molecular weight is 510 g/mol. The Hall–Kier alpha value is -3.73. The second-order valence-corrected chi connectivity index (χ2v) is 9.86. The zero-order chi connectivity index (χ0) is 25.9. The van der Waals surface area contributed by atoms with Crippen molar-refractivity contribution in [2.24, 2.45) is 0 Å². The van der Waals surface area contributed by atoms with Gasteiger partial charge in [-0.15, -0.1) is 0 Å². The quantitative estimate of drug-likeness (QED) is 0.353. The predicted octanol–water partition coefficient (Wildman–Crippen LogP) is 2.94. The number of aromatic nitrogens is 1. The van der Waals surface area contributed by atoms with Crippen LogP contribution in [0.3, 0.4) is 0 Å². The fraction of sp³-hybridized carbons (Fsp3) is 0.231. The van der Waals surface area contributed by atoms with E-state index < -0.39 is 10.1 Å². The van der Waals surface area contributed by atoms with Crippen LogP contribution in [-0.2, 0) is 21.5 Å². The van der Waals surface area contributed by atoms with E-state index >= 15 is 0 Å². The molecule has 1 aliphatic heterocycles. The fourth-order valence-corrected chi connectivity index (χ4v) is 4.77. The second kappa shape index (κ2) is 10.5. The zero-order valence-corrected chi connectivity index (χ0v) is 20.7. The number of carbonyl (C=O) groups is 1. The van der Waals surface area contributed by atoms with Crippen molar-refractivity contribution >= 4 is 37.7 Å². The van der Waals surface area contributed by atoms with E-state index in [0.29, 0.717) is 17.7 Å². The van der Waals surface area contributed by atoms with Crippen LogP contribution in [0.4, 0.5) is 0 Å². The van der Waals surface area contributed by atoms with Crippen molar-refractivity contribution in [3.8, 4) is 5.75 Å². The van der Waals surface area contributed by atoms with Gasteiger partial charge in [-0.3, -0.25) is 14.1 Å². The fourth-order valence-electron chi connectivity index (χ4n) is 4.25. The van der Waals surface area contributed by atoms with E-state index in [9.17, 15) is 18.0 Å². The topological polar surface area (TPSA) is 129 Å². The Kier molecular flexibility index (Phi) is 7.39. The molecule has 1 aromatic heterocycles. The molecule has 1 saturated heterocycles. The highest BCUT2D eigenvalue weighted by molar-refractivity contribution is 7.85. The number of ether oxygens (including phenoxy) is 1. The van der Waals surface area contributed by atoms with Crippen molar-refractivity contribution in [1.29, 1.82) is 0 Å². The van der Waals surface area contributed by atoms with Crippen molar-refractivity contribution in [3.05, 3.63) is 82.6 Å². The number of hydrogen-bond donors (Lipinski definition) is 3. The third-order valence-corrected chi connectivity index (χ3v) is 7.03. The Balaban J connectivity index is 0.000000174. The minimum absolute atomic E-state index is 0.0650. The molecule has 1 fully saturated rings. The van der Waals surface area contributed by atoms with Crippen LogP contribution in [-0.4, -0.2) is 55.5 Å². The molecule has 36 heavy (non-hydrogen) atoms. The lowest BCUT2D eigenvalue weighted by atomic mass is 10.1. The lowest BCUT2D eigenvalue weighted by molar-refractivity contribution is -0.129. The smallest absolute Gasteiger partial charge is 0.294 e. The number of amides is 1. The van der Waals surface area contributed by atoms with Crippen LogP contribution in [0.2, 0.25) is 0 Å². The number of aromatic amines is 1. The van der Waals surface area contributed by atoms with Crippen molar-refractivity contribution in [2.45, 2.75) is 23.9 Å². The predicted molar refractivity (Wildman–Crippen MR) is 138 cm³/mol. The van der Waals surface area contributed by atoms with Crippen LogP contribution < -0.4 is 15.6 Å². The van der Waals surface area contributed by atoms with Gasteiger partial charge in [0.2, 0.25) is 11.5 Å². The number of likely N-dealkylation sites (N-methyl/N-ethyl adjacent to an activating group) is 1. The molecule has 1 atom stereocenters. The van der Waals surface area contributed by atoms with Gasteiger partial charge in [-0.1, -0.05) is 24.3 Å². The number of H-pyrrole nitrogens is 1. The molecule has 5 rings (SSSR count). The molecule has 2 heterocycles. The molecule has 0 radical (unpaired) electrons. The first-order valence-electron chi connectivity index (χ1n) is 11.3. The van der Waals surface area contributed by atoms with Crippen molar-refractivity contribution < 1.29 is 22.5 Å². The monoisotopic (exact) mass is 509 g/mol. The number of nitrogens with zero attached hydrogens (tertiary/aromatic N) is 1. The molecule has 0 unspecified atom stereocenters. The van der Waals surface area contributed by atoms with Crippen LogP contribution in [0.5, 0.6) is 5.75 Å². The highest BCUT2D eigenvalue weighted by Crippen LogP contribution is 2.24. The van der Waals surface area contributed by atoms with Gasteiger partial charge in [-0.25, -0.2) is 0 Å². The molecule has 188 valence electrons. The van der Waals surface area contributed by atoms with E-state index in [2.05, 4.69) is 10.3 Å². The lowest BCUT2D eigenvalue weighted by Crippen LogP contribution is -2.35. The van der Waals surface area contributed by atoms with Gasteiger partial charge in [-0.2, -0.15) is 8.42 Å². The summed E-state index contributed by atoms with van der Waals surface area (Å²) in [5, 5.41) is 5.61. The van der Waals surface area contributed by atoms with Gasteiger partial charge in [0, 0.05) is 30.1 Å². The van der Waals surface area contributed by atoms with Crippen LogP contribution >= 0.6 is 0 Å². The third-order valence-electron chi connectivity index (χ3n) is 6.18. The van der Waals surface area contributed by atoms with Gasteiger partial charge in [0.25, 0.3) is 10.1 Å². The Labute approximate surface area is 208 Å². The Morgan fingerprint density at radius 1 is 1.06 bits per heavy atom. The highest BCUT2D eigenvalue weighted by Gasteiger charge is 2.30. The van der Waals surface area contributed by atoms with Gasteiger partial charge in [0.15, 0.2) is 0 Å². The first kappa shape index (κ1) is 25.4. The van der Waals surface area contributed by atoms with Crippen LogP contribution in [0, 0.1) is 0 Å². The van der Waals surface area contributed by atoms with E-state index in [4.69, 9.17) is 9.29 Å². The van der Waals surface area contributed by atoms with Crippen LogP contribution in [0.1, 0.15) is 12.0 Å². The van der Waals surface area contributed by atoms with Gasteiger partial charge in [0.1, 0.15) is 5.75 Å². The van der Waals surface area contributed by atoms with Crippen LogP contribution in [0.15, 0.2) is 76.4 Å². The van der Waals surface area contributed by atoms with Crippen molar-refractivity contribution in [1.82, 2.24) is 15.2 Å². The summed E-state index contributed by atoms with van der Waals surface area (Å²) in [6.45, 7) is 1.35. The molecule has 0 bridgehead atoms. The molecule has 3 aromatic carbocycles. The van der Waals surface area contributed by atoms with Crippen molar-refractivity contribution in [2.75, 3.05) is 20.7 Å². The number of hydrogen-bond acceptors (Lipinski definition) is 6. The average Bonchev–Trinajstić information content (AvgIpc) is 3.22. The zero-order valence-electron chi connectivity index (χ0n) is 19.9. The number of methoxy groups -OCH3 is 1. The largest absolute Gasteiger partial charge is 0.497 e. The number of carbonyl (C=O) groups excluding carboxylic acids is 1. The SMILES string of the molecule is CN[C@H]1CCN(Cc2cccc3[nH]c(=O)ccc23)C1=O.COc1ccc2ccc(S(=O)(=O)O)cc2c1. The van der Waals surface area contributed by atoms with Crippen LogP contribution in [0.25, 0.3) is 21.7 Å². The number of pyridine rings is 1. The number of benzene rings is 3. The first-order valence-corrected chi connectivity index (χ1v) is 12.8. The maximum atomic E-state index is 12.1. The van der Waals surface area contributed by atoms with Gasteiger partial charge < -0.3 is 19.9 Å². The molecular weight excluding hydrogens is 482 g/mol. The molecule has 1 amide bonds. The minimum Gasteiger partial charge on any atom is -0.497 e. The normalized spacial score (nSPS) is 15.7. The van der Waals surface area contributed by atoms with Gasteiger partial charge >= 0.3 is 0 Å². The van der Waals surface area contributed by atoms with E-state index in [0.717, 1.165) is 34.8 Å². The Bertz CT molecular complexity index is 1580. The van der Waals surface area contributed by atoms with Gasteiger partial charge in [0.05, 0.1) is 18.0 Å². The molecule has 4 aromatic rings. The summed E-state index contributed by atoms with van der Waals surface area (Å²) in [6.07, 6.45) is 0.844. The van der Waals surface area contributed by atoms with Crippen molar-refractivity contribution in [3.63, 3.8) is 0 Å². The summed E-state index contributed by atoms with van der Waals surface area (Å²) in [5.41, 5.74) is 1.76. The molecule has 9 nitrogen and oxygen atoms in total. The molecule has 0 saturated carbocycles. The maximum Gasteiger partial charge on any atom is 0.294 e. The highest BCUT2D eigenvalue weighted by atomic mass is 32.2. The summed E-state index contributed by atoms with van der Waals surface area (Å²) in [6, 6.07) is 18.8. The van der Waals surface area contributed by atoms with Gasteiger partial charge in [-0.05, 0) is 66.2 Å². The summed E-state index contributed by atoms with van der Waals surface area (Å²) < 4.78 is 35.9. The number of nitrogens with one attached hydrogen (secondary N) is 2. The number of likely N-dealkylation sites (tertiary alicyclic amines) is 1. The van der Waals surface area contributed by atoms with E-state index in [1.165, 1.54) is 25.3 Å². The third kappa shape index (κ3) is 5.56. The summed E-state index contributed by atoms with van der Waals surface area (Å²) >= 11 is 0. The number of rotatable bonds is 5. The summed E-state index contributed by atoms with van der Waals surface area (Å²) in [4.78, 5) is 28.0. The molecule has 0 spiro atoms. The first-order chi connectivity index (χ1) is 17.2. The molecule has 3 N–H and O–H groups in total. The lowest BCUT2D eigenvalue weighted by Gasteiger charge is -2.17. The second-order valence-electron chi connectivity index (χ2n) is 8.44. The molecule has 1 aliphatic rings. The number of fused-ring (bicyclic) bond motifs is 2. The Morgan fingerprint density at radius 3 is 2.53 bits per heavy atom. The minimum atomic E-state index is -4.15. The Morgan fingerprint density at radius 2 is 1.83 bits per heavy atom. The molecular formula is C26H27N3O6S. The summed E-state index contributed by atoms with van der Waals surface area (Å²) in [7, 11) is -0.805. The molecule has 0 aliphatic carbocycles. The maximum absolute atomic E-state index is 12.1. The van der Waals surface area contributed by atoms with E-state index in [1.54, 1.807) is 18.2 Å².